The van der Waals surface area contributed by atoms with Crippen LogP contribution in [0.2, 0.25) is 0 Å². The number of aromatic nitrogens is 2. The number of rotatable bonds is 4. The summed E-state index contributed by atoms with van der Waals surface area (Å²) in [4.78, 5) is 10.8. The second kappa shape index (κ2) is 6.28. The summed E-state index contributed by atoms with van der Waals surface area (Å²) < 4.78 is 6.21. The highest BCUT2D eigenvalue weighted by Crippen LogP contribution is 2.08. The third-order valence-electron chi connectivity index (χ3n) is 2.63. The lowest BCUT2D eigenvalue weighted by atomic mass is 10.3. The molecule has 0 amide bonds. The fourth-order valence-electron chi connectivity index (χ4n) is 1.82. The van der Waals surface area contributed by atoms with Crippen molar-refractivity contribution in [2.45, 2.75) is 13.0 Å². The molecule has 1 aliphatic rings. The van der Waals surface area contributed by atoms with Gasteiger partial charge in [-0.1, -0.05) is 0 Å². The smallest absolute Gasteiger partial charge is 0.222 e. The van der Waals surface area contributed by atoms with Gasteiger partial charge >= 0.3 is 0 Å². The van der Waals surface area contributed by atoms with E-state index in [0.29, 0.717) is 12.0 Å². The molecule has 0 saturated carbocycles. The summed E-state index contributed by atoms with van der Waals surface area (Å²) in [6.07, 6.45) is 3.49. The van der Waals surface area contributed by atoms with Crippen molar-refractivity contribution < 1.29 is 4.74 Å². The van der Waals surface area contributed by atoms with E-state index < -0.39 is 0 Å². The molecule has 17 heavy (non-hydrogen) atoms. The van der Waals surface area contributed by atoms with Gasteiger partial charge in [0.2, 0.25) is 5.95 Å². The van der Waals surface area contributed by atoms with Gasteiger partial charge in [-0.05, 0) is 22.9 Å². The van der Waals surface area contributed by atoms with Crippen LogP contribution >= 0.6 is 15.9 Å². The van der Waals surface area contributed by atoms with Crippen LogP contribution in [0.15, 0.2) is 16.9 Å². The normalized spacial score (nSPS) is 18.9. The van der Waals surface area contributed by atoms with Gasteiger partial charge in [-0.25, -0.2) is 9.97 Å². The minimum atomic E-state index is 0.328. The van der Waals surface area contributed by atoms with Crippen LogP contribution < -0.4 is 5.32 Å². The fourth-order valence-corrected chi connectivity index (χ4v) is 2.03. The second-order valence-electron chi connectivity index (χ2n) is 4.18. The molecule has 0 aromatic carbocycles. The maximum Gasteiger partial charge on any atom is 0.222 e. The zero-order valence-corrected chi connectivity index (χ0v) is 11.5. The number of nitrogens with one attached hydrogen (secondary N) is 1. The van der Waals surface area contributed by atoms with Gasteiger partial charge in [-0.3, -0.25) is 4.90 Å². The number of hydrogen-bond donors (Lipinski definition) is 1. The van der Waals surface area contributed by atoms with E-state index in [4.69, 9.17) is 4.74 Å². The summed E-state index contributed by atoms with van der Waals surface area (Å²) >= 11 is 3.32. The molecule has 2 rings (SSSR count). The van der Waals surface area contributed by atoms with Crippen molar-refractivity contribution >= 4 is 21.9 Å². The highest BCUT2D eigenvalue weighted by molar-refractivity contribution is 9.10. The Morgan fingerprint density at radius 3 is 2.71 bits per heavy atom. The summed E-state index contributed by atoms with van der Waals surface area (Å²) in [5.41, 5.74) is 0. The average molecular weight is 301 g/mol. The van der Waals surface area contributed by atoms with Crippen molar-refractivity contribution in [2.24, 2.45) is 0 Å². The van der Waals surface area contributed by atoms with Crippen LogP contribution in [-0.4, -0.2) is 53.8 Å². The Kier molecular flexibility index (Phi) is 4.70. The molecule has 1 atom stereocenters. The van der Waals surface area contributed by atoms with E-state index in [0.717, 1.165) is 37.3 Å². The third kappa shape index (κ3) is 4.22. The van der Waals surface area contributed by atoms with Crippen molar-refractivity contribution in [1.29, 1.82) is 0 Å². The molecule has 1 fully saturated rings. The minimum Gasteiger partial charge on any atom is -0.379 e. The van der Waals surface area contributed by atoms with E-state index in [2.05, 4.69) is 43.0 Å². The molecule has 1 N–H and O–H groups in total. The first-order valence-corrected chi connectivity index (χ1v) is 6.57. The first kappa shape index (κ1) is 12.7. The van der Waals surface area contributed by atoms with Gasteiger partial charge in [0, 0.05) is 38.1 Å². The fraction of sp³-hybridized carbons (Fsp3) is 0.636. The lowest BCUT2D eigenvalue weighted by Crippen LogP contribution is -2.42. The topological polar surface area (TPSA) is 50.3 Å². The highest BCUT2D eigenvalue weighted by atomic mass is 79.9. The quantitative estimate of drug-likeness (QED) is 0.910. The number of ether oxygens (including phenoxy) is 1. The van der Waals surface area contributed by atoms with Gasteiger partial charge in [0.05, 0.1) is 17.7 Å². The van der Waals surface area contributed by atoms with Gasteiger partial charge in [0.25, 0.3) is 0 Å². The first-order chi connectivity index (χ1) is 8.24. The summed E-state index contributed by atoms with van der Waals surface area (Å²) in [5, 5.41) is 3.29. The molecule has 0 spiro atoms. The predicted octanol–water partition coefficient (Wildman–Crippen LogP) is 1.37. The summed E-state index contributed by atoms with van der Waals surface area (Å²) in [6, 6.07) is 0.328. The van der Waals surface area contributed by atoms with E-state index in [1.165, 1.54) is 0 Å². The van der Waals surface area contributed by atoms with Crippen LogP contribution in [0.3, 0.4) is 0 Å². The van der Waals surface area contributed by atoms with Gasteiger partial charge in [0.1, 0.15) is 0 Å². The molecule has 1 aromatic heterocycles. The van der Waals surface area contributed by atoms with Crippen LogP contribution in [0, 0.1) is 0 Å². The highest BCUT2D eigenvalue weighted by Gasteiger charge is 2.13. The molecule has 0 bridgehead atoms. The Bertz CT molecular complexity index is 340. The van der Waals surface area contributed by atoms with Crippen LogP contribution in [0.1, 0.15) is 6.92 Å². The molecule has 2 heterocycles. The average Bonchev–Trinajstić information content (AvgIpc) is 2.33. The Hall–Kier alpha value is -0.720. The van der Waals surface area contributed by atoms with Gasteiger partial charge in [-0.15, -0.1) is 0 Å². The van der Waals surface area contributed by atoms with Crippen LogP contribution in [0.4, 0.5) is 5.95 Å². The zero-order chi connectivity index (χ0) is 12.1. The molecule has 1 unspecified atom stereocenters. The molecule has 5 nitrogen and oxygen atoms in total. The summed E-state index contributed by atoms with van der Waals surface area (Å²) in [5.74, 6) is 0.675. The van der Waals surface area contributed by atoms with Gasteiger partial charge < -0.3 is 10.1 Å². The van der Waals surface area contributed by atoms with Gasteiger partial charge in [0.15, 0.2) is 0 Å². The Balaban J connectivity index is 1.79. The molecule has 6 heteroatoms. The second-order valence-corrected chi connectivity index (χ2v) is 5.10. The Morgan fingerprint density at radius 2 is 2.06 bits per heavy atom. The van der Waals surface area contributed by atoms with E-state index in [9.17, 15) is 0 Å². The lowest BCUT2D eigenvalue weighted by molar-refractivity contribution is 0.0368. The van der Waals surface area contributed by atoms with Crippen LogP contribution in [-0.2, 0) is 4.74 Å². The van der Waals surface area contributed by atoms with Crippen LogP contribution in [0.25, 0.3) is 0 Å². The van der Waals surface area contributed by atoms with Gasteiger partial charge in [-0.2, -0.15) is 0 Å². The van der Waals surface area contributed by atoms with Crippen molar-refractivity contribution in [3.05, 3.63) is 16.9 Å². The molecular weight excluding hydrogens is 284 g/mol. The minimum absolute atomic E-state index is 0.328. The molecule has 0 aliphatic carbocycles. The first-order valence-electron chi connectivity index (χ1n) is 5.78. The molecule has 0 radical (unpaired) electrons. The molecule has 1 aromatic rings. The number of hydrogen-bond acceptors (Lipinski definition) is 5. The maximum atomic E-state index is 5.32. The maximum absolute atomic E-state index is 5.32. The SMILES string of the molecule is CC(CN1CCOCC1)Nc1ncc(Br)cn1. The Morgan fingerprint density at radius 1 is 1.41 bits per heavy atom. The predicted molar refractivity (Wildman–Crippen MR) is 70.1 cm³/mol. The van der Waals surface area contributed by atoms with Crippen LogP contribution in [0.5, 0.6) is 0 Å². The summed E-state index contributed by atoms with van der Waals surface area (Å²) in [7, 11) is 0. The number of anilines is 1. The molecular formula is C11H17BrN4O. The van der Waals surface area contributed by atoms with E-state index >= 15 is 0 Å². The van der Waals surface area contributed by atoms with E-state index in [1.807, 2.05) is 0 Å². The van der Waals surface area contributed by atoms with Crippen molar-refractivity contribution in [1.82, 2.24) is 14.9 Å². The molecule has 1 saturated heterocycles. The molecule has 1 aliphatic heterocycles. The number of halogens is 1. The molecule has 94 valence electrons. The Labute approximate surface area is 110 Å². The summed E-state index contributed by atoms with van der Waals surface area (Å²) in [6.45, 7) is 6.81. The number of nitrogens with zero attached hydrogens (tertiary/aromatic N) is 3. The van der Waals surface area contributed by atoms with Crippen molar-refractivity contribution in [2.75, 3.05) is 38.2 Å². The van der Waals surface area contributed by atoms with Crippen molar-refractivity contribution in [3.63, 3.8) is 0 Å². The lowest BCUT2D eigenvalue weighted by Gasteiger charge is -2.29. The zero-order valence-electron chi connectivity index (χ0n) is 9.90. The van der Waals surface area contributed by atoms with E-state index in [-0.39, 0.29) is 0 Å². The van der Waals surface area contributed by atoms with E-state index in [1.54, 1.807) is 12.4 Å². The standard InChI is InChI=1S/C11H17BrN4O/c1-9(8-16-2-4-17-5-3-16)15-11-13-6-10(12)7-14-11/h6-7,9H,2-5,8H2,1H3,(H,13,14,15). The third-order valence-corrected chi connectivity index (χ3v) is 3.04. The number of morpholine rings is 1. The van der Waals surface area contributed by atoms with Crippen molar-refractivity contribution in [3.8, 4) is 0 Å². The largest absolute Gasteiger partial charge is 0.379 e. The monoisotopic (exact) mass is 300 g/mol.